The van der Waals surface area contributed by atoms with Crippen LogP contribution in [0.15, 0.2) is 24.8 Å². The minimum atomic E-state index is -0.530. The fourth-order valence-corrected chi connectivity index (χ4v) is 1.22. The second-order valence-electron chi connectivity index (χ2n) is 2.91. The first-order valence-electron chi connectivity index (χ1n) is 4.42. The van der Waals surface area contributed by atoms with Crippen LogP contribution in [0.5, 0.6) is 0 Å². The van der Waals surface area contributed by atoms with Gasteiger partial charge in [0.25, 0.3) is 0 Å². The molecule has 2 N–H and O–H groups in total. The fourth-order valence-electron chi connectivity index (χ4n) is 1.22. The predicted molar refractivity (Wildman–Crippen MR) is 54.9 cm³/mol. The quantitative estimate of drug-likeness (QED) is 0.716. The molecule has 0 aromatic carbocycles. The van der Waals surface area contributed by atoms with E-state index in [0.29, 0.717) is 5.82 Å². The fraction of sp³-hybridized carbons (Fsp3) is 0.111. The lowest BCUT2D eigenvalue weighted by molar-refractivity contribution is 0.0602. The van der Waals surface area contributed by atoms with Crippen molar-refractivity contribution in [3.63, 3.8) is 0 Å². The van der Waals surface area contributed by atoms with Crippen LogP contribution in [-0.4, -0.2) is 32.8 Å². The van der Waals surface area contributed by atoms with Crippen LogP contribution in [0, 0.1) is 0 Å². The molecule has 2 heterocycles. The smallest absolute Gasteiger partial charge is 0.343 e. The van der Waals surface area contributed by atoms with Crippen molar-refractivity contribution >= 4 is 11.8 Å². The van der Waals surface area contributed by atoms with Gasteiger partial charge in [-0.3, -0.25) is 0 Å². The zero-order chi connectivity index (χ0) is 11.5. The molecule has 0 saturated heterocycles. The summed E-state index contributed by atoms with van der Waals surface area (Å²) in [6, 6.07) is 1.63. The van der Waals surface area contributed by atoms with Crippen molar-refractivity contribution in [2.24, 2.45) is 0 Å². The van der Waals surface area contributed by atoms with Crippen molar-refractivity contribution in [3.8, 4) is 5.82 Å². The van der Waals surface area contributed by atoms with Crippen molar-refractivity contribution in [2.45, 2.75) is 0 Å². The number of aromatic nitrogens is 4. The number of hydrogen-bond acceptors (Lipinski definition) is 6. The molecule has 16 heavy (non-hydrogen) atoms. The number of nitrogens with zero attached hydrogens (tertiary/aromatic N) is 4. The highest BCUT2D eigenvalue weighted by Gasteiger charge is 2.16. The molecule has 2 aromatic rings. The standard InChI is InChI=1S/C9H9N5O2/c1-16-9(15)6-4-13-14(8(6)10)7-2-3-11-5-12-7/h2-5H,10H2,1H3. The number of carbonyl (C=O) groups is 1. The number of ether oxygens (including phenoxy) is 1. The van der Waals surface area contributed by atoms with Gasteiger partial charge < -0.3 is 10.5 Å². The second kappa shape index (κ2) is 3.97. The number of nitrogens with two attached hydrogens (primary N) is 1. The minimum Gasteiger partial charge on any atom is -0.465 e. The van der Waals surface area contributed by atoms with Crippen molar-refractivity contribution in [1.82, 2.24) is 19.7 Å². The minimum absolute atomic E-state index is 0.186. The first kappa shape index (κ1) is 10.1. The van der Waals surface area contributed by atoms with Crippen LogP contribution < -0.4 is 5.73 Å². The van der Waals surface area contributed by atoms with Crippen LogP contribution in [-0.2, 0) is 4.74 Å². The average molecular weight is 219 g/mol. The number of esters is 1. The first-order valence-corrected chi connectivity index (χ1v) is 4.42. The van der Waals surface area contributed by atoms with Crippen molar-refractivity contribution in [3.05, 3.63) is 30.4 Å². The molecular weight excluding hydrogens is 210 g/mol. The molecule has 0 atom stereocenters. The Labute approximate surface area is 90.9 Å². The molecule has 0 bridgehead atoms. The Morgan fingerprint density at radius 3 is 3.00 bits per heavy atom. The summed E-state index contributed by atoms with van der Waals surface area (Å²) in [7, 11) is 1.28. The Hall–Kier alpha value is -2.44. The van der Waals surface area contributed by atoms with E-state index in [0.717, 1.165) is 0 Å². The third-order valence-corrected chi connectivity index (χ3v) is 2.00. The Kier molecular flexibility index (Phi) is 2.50. The Morgan fingerprint density at radius 1 is 1.56 bits per heavy atom. The van der Waals surface area contributed by atoms with Gasteiger partial charge >= 0.3 is 5.97 Å². The molecule has 82 valence electrons. The van der Waals surface area contributed by atoms with Gasteiger partial charge in [0, 0.05) is 12.3 Å². The summed E-state index contributed by atoms with van der Waals surface area (Å²) in [5.74, 6) is 0.144. The van der Waals surface area contributed by atoms with E-state index in [2.05, 4.69) is 19.8 Å². The first-order chi connectivity index (χ1) is 7.74. The van der Waals surface area contributed by atoms with E-state index in [1.54, 1.807) is 12.3 Å². The van der Waals surface area contributed by atoms with Crippen LogP contribution in [0.2, 0.25) is 0 Å². The highest BCUT2D eigenvalue weighted by Crippen LogP contribution is 2.15. The topological polar surface area (TPSA) is 95.9 Å². The molecule has 0 amide bonds. The maximum Gasteiger partial charge on any atom is 0.343 e. The summed E-state index contributed by atoms with van der Waals surface area (Å²) in [5.41, 5.74) is 5.96. The molecule has 2 aromatic heterocycles. The normalized spacial score (nSPS) is 10.1. The zero-order valence-corrected chi connectivity index (χ0v) is 8.49. The van der Waals surface area contributed by atoms with E-state index < -0.39 is 5.97 Å². The lowest BCUT2D eigenvalue weighted by atomic mass is 10.3. The Bertz CT molecular complexity index is 508. The van der Waals surface area contributed by atoms with Gasteiger partial charge in [0.1, 0.15) is 17.7 Å². The molecule has 7 nitrogen and oxygen atoms in total. The summed E-state index contributed by atoms with van der Waals surface area (Å²) in [4.78, 5) is 19.0. The molecule has 2 rings (SSSR count). The molecule has 0 saturated carbocycles. The van der Waals surface area contributed by atoms with Crippen LogP contribution in [0.25, 0.3) is 5.82 Å². The number of rotatable bonds is 2. The second-order valence-corrected chi connectivity index (χ2v) is 2.91. The van der Waals surface area contributed by atoms with Gasteiger partial charge in [0.2, 0.25) is 0 Å². The van der Waals surface area contributed by atoms with Crippen molar-refractivity contribution in [1.29, 1.82) is 0 Å². The highest BCUT2D eigenvalue weighted by atomic mass is 16.5. The van der Waals surface area contributed by atoms with Crippen LogP contribution in [0.1, 0.15) is 10.4 Å². The van der Waals surface area contributed by atoms with E-state index in [9.17, 15) is 4.79 Å². The van der Waals surface area contributed by atoms with Crippen molar-refractivity contribution in [2.75, 3.05) is 12.8 Å². The summed E-state index contributed by atoms with van der Waals surface area (Å²) < 4.78 is 5.90. The predicted octanol–water partition coefficient (Wildman–Crippen LogP) is 0.0311. The molecule has 0 aliphatic rings. The summed E-state index contributed by atoms with van der Waals surface area (Å²) in [5, 5.41) is 3.96. The van der Waals surface area contributed by atoms with Gasteiger partial charge in [-0.25, -0.2) is 14.8 Å². The van der Waals surface area contributed by atoms with Gasteiger partial charge in [0.05, 0.1) is 13.3 Å². The van der Waals surface area contributed by atoms with E-state index in [1.165, 1.54) is 24.3 Å². The molecule has 0 radical (unpaired) electrons. The monoisotopic (exact) mass is 219 g/mol. The maximum absolute atomic E-state index is 11.3. The van der Waals surface area contributed by atoms with Gasteiger partial charge in [-0.05, 0) is 0 Å². The van der Waals surface area contributed by atoms with E-state index in [-0.39, 0.29) is 11.4 Å². The summed E-state index contributed by atoms with van der Waals surface area (Å²) in [6.07, 6.45) is 4.26. The zero-order valence-electron chi connectivity index (χ0n) is 8.49. The van der Waals surface area contributed by atoms with E-state index in [4.69, 9.17) is 5.73 Å². The van der Waals surface area contributed by atoms with Gasteiger partial charge in [0.15, 0.2) is 5.82 Å². The van der Waals surface area contributed by atoms with Gasteiger partial charge in [-0.15, -0.1) is 0 Å². The molecule has 0 aliphatic carbocycles. The third-order valence-electron chi connectivity index (χ3n) is 2.00. The maximum atomic E-state index is 11.3. The largest absolute Gasteiger partial charge is 0.465 e. The highest BCUT2D eigenvalue weighted by molar-refractivity contribution is 5.94. The lowest BCUT2D eigenvalue weighted by Gasteiger charge is -2.02. The Balaban J connectivity index is 2.45. The number of anilines is 1. The Morgan fingerprint density at radius 2 is 2.38 bits per heavy atom. The lowest BCUT2D eigenvalue weighted by Crippen LogP contribution is -2.08. The van der Waals surface area contributed by atoms with Crippen LogP contribution in [0.3, 0.4) is 0 Å². The average Bonchev–Trinajstić information content (AvgIpc) is 2.71. The van der Waals surface area contributed by atoms with E-state index >= 15 is 0 Å². The molecule has 0 unspecified atom stereocenters. The number of nitrogen functional groups attached to an aromatic ring is 1. The third kappa shape index (κ3) is 1.58. The summed E-state index contributed by atoms with van der Waals surface area (Å²) >= 11 is 0. The van der Waals surface area contributed by atoms with E-state index in [1.807, 2.05) is 0 Å². The number of methoxy groups -OCH3 is 1. The van der Waals surface area contributed by atoms with Crippen LogP contribution in [0.4, 0.5) is 5.82 Å². The van der Waals surface area contributed by atoms with Gasteiger partial charge in [-0.1, -0.05) is 0 Å². The molecular formula is C9H9N5O2. The number of carbonyl (C=O) groups excluding carboxylic acids is 1. The van der Waals surface area contributed by atoms with Crippen LogP contribution >= 0.6 is 0 Å². The van der Waals surface area contributed by atoms with Gasteiger partial charge in [-0.2, -0.15) is 9.78 Å². The molecule has 0 aliphatic heterocycles. The molecule has 0 fully saturated rings. The van der Waals surface area contributed by atoms with Crippen molar-refractivity contribution < 1.29 is 9.53 Å². The molecule has 7 heteroatoms. The summed E-state index contributed by atoms with van der Waals surface area (Å²) in [6.45, 7) is 0. The molecule has 0 spiro atoms. The SMILES string of the molecule is COC(=O)c1cnn(-c2ccncn2)c1N. The number of hydrogen-bond donors (Lipinski definition) is 1.